The molecule has 5 heteroatoms. The van der Waals surface area contributed by atoms with Gasteiger partial charge in [0, 0.05) is 11.6 Å². The molecule has 3 nitrogen and oxygen atoms in total. The van der Waals surface area contributed by atoms with Gasteiger partial charge in [0.25, 0.3) is 0 Å². The Morgan fingerprint density at radius 3 is 2.67 bits per heavy atom. The van der Waals surface area contributed by atoms with Gasteiger partial charge in [0.1, 0.15) is 0 Å². The molecule has 0 aliphatic heterocycles. The SMILES string of the molecule is O=C(O)c1nccs1.[KH]. The molecule has 0 aliphatic carbocycles. The van der Waals surface area contributed by atoms with Crippen LogP contribution in [-0.4, -0.2) is 67.4 Å². The Morgan fingerprint density at radius 1 is 1.78 bits per heavy atom. The van der Waals surface area contributed by atoms with Gasteiger partial charge in [0.15, 0.2) is 0 Å². The molecule has 0 atom stereocenters. The van der Waals surface area contributed by atoms with Crippen LogP contribution in [0.4, 0.5) is 0 Å². The van der Waals surface area contributed by atoms with Crippen molar-refractivity contribution in [2.75, 3.05) is 0 Å². The van der Waals surface area contributed by atoms with Gasteiger partial charge in [-0.2, -0.15) is 0 Å². The summed E-state index contributed by atoms with van der Waals surface area (Å²) in [7, 11) is 0. The summed E-state index contributed by atoms with van der Waals surface area (Å²) in [6, 6.07) is 0. The van der Waals surface area contributed by atoms with Crippen LogP contribution in [0.1, 0.15) is 9.80 Å². The van der Waals surface area contributed by atoms with Crippen molar-refractivity contribution in [1.82, 2.24) is 4.98 Å². The summed E-state index contributed by atoms with van der Waals surface area (Å²) in [4.78, 5) is 13.5. The molecule has 1 N–H and O–H groups in total. The van der Waals surface area contributed by atoms with E-state index in [9.17, 15) is 4.79 Å². The van der Waals surface area contributed by atoms with Crippen molar-refractivity contribution in [3.63, 3.8) is 0 Å². The summed E-state index contributed by atoms with van der Waals surface area (Å²) in [5.41, 5.74) is 0. The van der Waals surface area contributed by atoms with Crippen LogP contribution in [0.15, 0.2) is 11.6 Å². The maximum absolute atomic E-state index is 10.0. The molecule has 0 aromatic carbocycles. The fourth-order valence-corrected chi connectivity index (χ4v) is 0.802. The average molecular weight is 169 g/mol. The second-order valence-corrected chi connectivity index (χ2v) is 2.04. The third-order valence-corrected chi connectivity index (χ3v) is 1.38. The van der Waals surface area contributed by atoms with Gasteiger partial charge in [-0.25, -0.2) is 9.78 Å². The molecule has 0 saturated heterocycles. The van der Waals surface area contributed by atoms with Crippen LogP contribution >= 0.6 is 11.3 Å². The molecule has 0 bridgehead atoms. The first-order valence-corrected chi connectivity index (χ1v) is 2.81. The average Bonchev–Trinajstić information content (AvgIpc) is 2.12. The van der Waals surface area contributed by atoms with Gasteiger partial charge < -0.3 is 5.11 Å². The third-order valence-electron chi connectivity index (χ3n) is 0.615. The summed E-state index contributed by atoms with van der Waals surface area (Å²) in [6.07, 6.45) is 1.47. The van der Waals surface area contributed by atoms with E-state index in [4.69, 9.17) is 5.11 Å². The molecule has 0 aliphatic rings. The molecule has 0 radical (unpaired) electrons. The summed E-state index contributed by atoms with van der Waals surface area (Å²) in [5.74, 6) is -0.958. The first kappa shape index (κ1) is 9.74. The summed E-state index contributed by atoms with van der Waals surface area (Å²) in [5, 5.41) is 9.99. The second-order valence-electron chi connectivity index (χ2n) is 1.14. The van der Waals surface area contributed by atoms with E-state index >= 15 is 0 Å². The van der Waals surface area contributed by atoms with Gasteiger partial charge >= 0.3 is 57.4 Å². The van der Waals surface area contributed by atoms with Gasteiger partial charge in [0.2, 0.25) is 5.01 Å². The van der Waals surface area contributed by atoms with E-state index < -0.39 is 5.97 Å². The second kappa shape index (κ2) is 4.54. The number of carboxylic acid groups (broad SMARTS) is 1. The first-order chi connectivity index (χ1) is 3.80. The Labute approximate surface area is 98.5 Å². The van der Waals surface area contributed by atoms with E-state index in [-0.39, 0.29) is 56.4 Å². The van der Waals surface area contributed by atoms with Crippen molar-refractivity contribution in [3.05, 3.63) is 16.6 Å². The van der Waals surface area contributed by atoms with Crippen molar-refractivity contribution < 1.29 is 9.90 Å². The normalized spacial score (nSPS) is 8.00. The van der Waals surface area contributed by atoms with Crippen LogP contribution in [0.5, 0.6) is 0 Å². The van der Waals surface area contributed by atoms with E-state index in [1.807, 2.05) is 0 Å². The van der Waals surface area contributed by atoms with Crippen molar-refractivity contribution in [1.29, 1.82) is 0 Å². The van der Waals surface area contributed by atoms with Crippen LogP contribution in [-0.2, 0) is 0 Å². The number of aromatic carboxylic acids is 1. The number of aromatic nitrogens is 1. The van der Waals surface area contributed by atoms with E-state index in [0.29, 0.717) is 0 Å². The summed E-state index contributed by atoms with van der Waals surface area (Å²) in [6.45, 7) is 0. The first-order valence-electron chi connectivity index (χ1n) is 1.93. The molecule has 44 valence electrons. The van der Waals surface area contributed by atoms with Gasteiger partial charge in [0.05, 0.1) is 0 Å². The number of thiazole rings is 1. The number of carbonyl (C=O) groups is 1. The molecule has 0 saturated carbocycles. The fraction of sp³-hybridized carbons (Fsp3) is 0. The minimum atomic E-state index is -0.958. The standard InChI is InChI=1S/C4H3NO2S.K.H/c6-4(7)3-5-1-2-8-3;;/h1-2H,(H,6,7);;. The summed E-state index contributed by atoms with van der Waals surface area (Å²) >= 11 is 1.12. The molecule has 0 unspecified atom stereocenters. The van der Waals surface area contributed by atoms with Crippen LogP contribution in [0, 0.1) is 0 Å². The van der Waals surface area contributed by atoms with E-state index in [1.54, 1.807) is 5.38 Å². The van der Waals surface area contributed by atoms with Gasteiger partial charge in [-0.1, -0.05) is 0 Å². The van der Waals surface area contributed by atoms with Crippen molar-refractivity contribution in [3.8, 4) is 0 Å². The van der Waals surface area contributed by atoms with Crippen molar-refractivity contribution >= 4 is 68.7 Å². The van der Waals surface area contributed by atoms with E-state index in [0.717, 1.165) is 11.3 Å². The molecular weight excluding hydrogens is 165 g/mol. The monoisotopic (exact) mass is 169 g/mol. The molecule has 0 fully saturated rings. The van der Waals surface area contributed by atoms with Crippen LogP contribution < -0.4 is 0 Å². The Balaban J connectivity index is 0.000000640. The predicted octanol–water partition coefficient (Wildman–Crippen LogP) is 0.193. The molecule has 1 aromatic rings. The molecule has 1 heterocycles. The molecule has 9 heavy (non-hydrogen) atoms. The Hall–Kier alpha value is 0.736. The van der Waals surface area contributed by atoms with Gasteiger partial charge in [-0.05, 0) is 0 Å². The topological polar surface area (TPSA) is 50.2 Å². The molecule has 0 spiro atoms. The Kier molecular flexibility index (Phi) is 4.91. The zero-order valence-corrected chi connectivity index (χ0v) is 4.68. The zero-order valence-electron chi connectivity index (χ0n) is 3.87. The van der Waals surface area contributed by atoms with Crippen LogP contribution in [0.25, 0.3) is 0 Å². The van der Waals surface area contributed by atoms with Gasteiger partial charge in [-0.3, -0.25) is 0 Å². The number of carboxylic acids is 1. The van der Waals surface area contributed by atoms with Gasteiger partial charge in [-0.15, -0.1) is 11.3 Å². The van der Waals surface area contributed by atoms with E-state index in [2.05, 4.69) is 4.98 Å². The van der Waals surface area contributed by atoms with Crippen molar-refractivity contribution in [2.45, 2.75) is 0 Å². The Morgan fingerprint density at radius 2 is 2.44 bits per heavy atom. The quantitative estimate of drug-likeness (QED) is 0.611. The van der Waals surface area contributed by atoms with E-state index in [1.165, 1.54) is 6.20 Å². The zero-order chi connectivity index (χ0) is 5.98. The summed E-state index contributed by atoms with van der Waals surface area (Å²) < 4.78 is 0. The third kappa shape index (κ3) is 2.88. The predicted molar refractivity (Wildman–Crippen MR) is 36.2 cm³/mol. The molecular formula is C4H4KNO2S. The number of hydrogen-bond donors (Lipinski definition) is 1. The number of hydrogen-bond acceptors (Lipinski definition) is 3. The van der Waals surface area contributed by atoms with Crippen molar-refractivity contribution in [2.24, 2.45) is 0 Å². The minimum absolute atomic E-state index is 0. The maximum atomic E-state index is 10.0. The fourth-order valence-electron chi connectivity index (χ4n) is 0.329. The number of rotatable bonds is 1. The number of nitrogens with zero attached hydrogens (tertiary/aromatic N) is 1. The van der Waals surface area contributed by atoms with Crippen LogP contribution in [0.2, 0.25) is 0 Å². The Bertz CT molecular complexity index is 186. The molecule has 0 amide bonds. The molecule has 1 rings (SSSR count). The van der Waals surface area contributed by atoms with Crippen LogP contribution in [0.3, 0.4) is 0 Å². The molecule has 1 aromatic heterocycles.